The zero-order chi connectivity index (χ0) is 22.1. The number of amidine groups is 2. The van der Waals surface area contributed by atoms with Crippen molar-refractivity contribution in [2.24, 2.45) is 4.99 Å². The molecule has 156 valence electrons. The van der Waals surface area contributed by atoms with E-state index in [-0.39, 0.29) is 33.8 Å². The third-order valence-electron chi connectivity index (χ3n) is 4.45. The summed E-state index contributed by atoms with van der Waals surface area (Å²) in [5.41, 5.74) is 0.826. The molecule has 0 radical (unpaired) electrons. The fourth-order valence-electron chi connectivity index (χ4n) is 3.02. The maximum atomic E-state index is 12.4. The van der Waals surface area contributed by atoms with Crippen molar-refractivity contribution in [2.45, 2.75) is 6.92 Å². The Balaban J connectivity index is 1.65. The number of fused-ring (bicyclic) bond motifs is 1. The van der Waals surface area contributed by atoms with Gasteiger partial charge < -0.3 is 14.3 Å². The van der Waals surface area contributed by atoms with Crippen molar-refractivity contribution in [3.63, 3.8) is 0 Å². The molecule has 2 aliphatic heterocycles. The van der Waals surface area contributed by atoms with E-state index in [0.29, 0.717) is 16.9 Å². The lowest BCUT2D eigenvalue weighted by Gasteiger charge is -2.23. The monoisotopic (exact) mass is 437 g/mol. The average molecular weight is 438 g/mol. The number of methoxy groups -OCH3 is 1. The lowest BCUT2D eigenvalue weighted by molar-refractivity contribution is -0.114. The number of carbonyl (C=O) groups excluding carboxylic acids is 2. The highest BCUT2D eigenvalue weighted by Crippen LogP contribution is 2.38. The van der Waals surface area contributed by atoms with Gasteiger partial charge in [-0.05, 0) is 42.8 Å². The molecule has 0 aliphatic carbocycles. The van der Waals surface area contributed by atoms with Crippen molar-refractivity contribution in [3.8, 4) is 11.5 Å². The van der Waals surface area contributed by atoms with Gasteiger partial charge >= 0.3 is 5.97 Å². The van der Waals surface area contributed by atoms with E-state index in [1.165, 1.54) is 19.3 Å². The number of allylic oxidation sites excluding steroid dienone is 1. The summed E-state index contributed by atoms with van der Waals surface area (Å²) in [5.74, 6) is -0.314. The molecule has 2 aliphatic rings. The molecule has 4 rings (SSSR count). The predicted octanol–water partition coefficient (Wildman–Crippen LogP) is 4.02. The van der Waals surface area contributed by atoms with E-state index >= 15 is 0 Å². The molecule has 8 nitrogen and oxygen atoms in total. The molecule has 0 spiro atoms. The van der Waals surface area contributed by atoms with E-state index in [4.69, 9.17) is 31.3 Å². The number of hydroxylamine groups is 2. The molecule has 0 atom stereocenters. The second-order valence-corrected chi connectivity index (χ2v) is 7.02. The maximum Gasteiger partial charge on any atom is 0.343 e. The second kappa shape index (κ2) is 8.08. The standard InChI is InChI=1S/C22H16ClN3O5/c1-12-8-18-25-21(27)15(20(24)26(18)31-12)9-13-10-16(23)19(17(11-13)29-2)30-22(28)14-6-4-3-5-7-14/h3-11,24H,1-2H3/b15-9-,24-20?. The molecular weight excluding hydrogens is 422 g/mol. The summed E-state index contributed by atoms with van der Waals surface area (Å²) >= 11 is 6.35. The number of hydrogen-bond acceptors (Lipinski definition) is 6. The van der Waals surface area contributed by atoms with Crippen LogP contribution < -0.4 is 9.47 Å². The third kappa shape index (κ3) is 3.93. The Labute approximate surface area is 182 Å². The fourth-order valence-corrected chi connectivity index (χ4v) is 3.27. The molecule has 1 amide bonds. The summed E-state index contributed by atoms with van der Waals surface area (Å²) in [6, 6.07) is 11.5. The topological polar surface area (TPSA) is 101 Å². The van der Waals surface area contributed by atoms with Gasteiger partial charge in [0.15, 0.2) is 23.2 Å². The van der Waals surface area contributed by atoms with Gasteiger partial charge in [-0.1, -0.05) is 29.8 Å². The third-order valence-corrected chi connectivity index (χ3v) is 4.73. The Bertz CT molecular complexity index is 1200. The van der Waals surface area contributed by atoms with E-state index in [1.54, 1.807) is 49.4 Å². The zero-order valence-corrected chi connectivity index (χ0v) is 17.3. The molecule has 2 aromatic carbocycles. The number of benzene rings is 2. The molecular formula is C22H16ClN3O5. The number of rotatable bonds is 4. The van der Waals surface area contributed by atoms with Crippen LogP contribution in [0.2, 0.25) is 5.02 Å². The summed E-state index contributed by atoms with van der Waals surface area (Å²) < 4.78 is 10.8. The van der Waals surface area contributed by atoms with Crippen molar-refractivity contribution in [1.29, 1.82) is 5.41 Å². The highest BCUT2D eigenvalue weighted by Gasteiger charge is 2.34. The molecule has 0 bridgehead atoms. The van der Waals surface area contributed by atoms with E-state index in [2.05, 4.69) is 4.99 Å². The van der Waals surface area contributed by atoms with Gasteiger partial charge in [-0.15, -0.1) is 5.06 Å². The van der Waals surface area contributed by atoms with E-state index in [0.717, 1.165) is 5.06 Å². The maximum absolute atomic E-state index is 12.4. The number of aliphatic imine (C=N–C) groups is 1. The molecule has 31 heavy (non-hydrogen) atoms. The van der Waals surface area contributed by atoms with Crippen LogP contribution in [0.5, 0.6) is 11.5 Å². The summed E-state index contributed by atoms with van der Waals surface area (Å²) in [6.45, 7) is 1.70. The van der Waals surface area contributed by atoms with Crippen LogP contribution in [0.15, 0.2) is 64.9 Å². The van der Waals surface area contributed by atoms with E-state index < -0.39 is 11.9 Å². The number of nitrogens with one attached hydrogen (secondary N) is 1. The first-order valence-corrected chi connectivity index (χ1v) is 9.50. The fraction of sp³-hybridized carbons (Fsp3) is 0.0909. The molecule has 9 heteroatoms. The molecule has 0 saturated carbocycles. The van der Waals surface area contributed by atoms with Gasteiger partial charge in [0.2, 0.25) is 0 Å². The van der Waals surface area contributed by atoms with Crippen LogP contribution in [0.3, 0.4) is 0 Å². The smallest absolute Gasteiger partial charge is 0.343 e. The van der Waals surface area contributed by atoms with Crippen molar-refractivity contribution in [2.75, 3.05) is 7.11 Å². The molecule has 2 heterocycles. The Morgan fingerprint density at radius 1 is 1.26 bits per heavy atom. The number of nitrogens with zero attached hydrogens (tertiary/aromatic N) is 2. The number of esters is 1. The van der Waals surface area contributed by atoms with Crippen molar-refractivity contribution in [3.05, 3.63) is 76.0 Å². The van der Waals surface area contributed by atoms with Gasteiger partial charge in [0.25, 0.3) is 5.91 Å². The molecule has 1 N–H and O–H groups in total. The number of halogens is 1. The Morgan fingerprint density at radius 3 is 2.71 bits per heavy atom. The predicted molar refractivity (Wildman–Crippen MR) is 114 cm³/mol. The van der Waals surface area contributed by atoms with Crippen LogP contribution in [0.4, 0.5) is 0 Å². The first-order chi connectivity index (χ1) is 14.9. The van der Waals surface area contributed by atoms with Crippen LogP contribution in [0, 0.1) is 5.41 Å². The number of carbonyl (C=O) groups is 2. The number of amides is 1. The minimum absolute atomic E-state index is 0.0130. The lowest BCUT2D eigenvalue weighted by Crippen LogP contribution is -2.38. The van der Waals surface area contributed by atoms with Gasteiger partial charge in [-0.2, -0.15) is 4.99 Å². The molecule has 2 aromatic rings. The first-order valence-electron chi connectivity index (χ1n) is 9.12. The largest absolute Gasteiger partial charge is 0.493 e. The van der Waals surface area contributed by atoms with Crippen LogP contribution in [0.1, 0.15) is 22.8 Å². The zero-order valence-electron chi connectivity index (χ0n) is 16.5. The Hall–Kier alpha value is -3.91. The average Bonchev–Trinajstić information content (AvgIpc) is 3.13. The molecule has 0 unspecified atom stereocenters. The van der Waals surface area contributed by atoms with Crippen LogP contribution in [0.25, 0.3) is 6.08 Å². The van der Waals surface area contributed by atoms with Gasteiger partial charge in [0.05, 0.1) is 23.3 Å². The number of hydrogen-bond donors (Lipinski definition) is 1. The normalized spacial score (nSPS) is 16.5. The molecule has 0 aromatic heterocycles. The summed E-state index contributed by atoms with van der Waals surface area (Å²) in [5, 5.41) is 9.55. The molecule has 0 saturated heterocycles. The van der Waals surface area contributed by atoms with Gasteiger partial charge in [-0.25, -0.2) is 4.79 Å². The number of ether oxygens (including phenoxy) is 2. The van der Waals surface area contributed by atoms with Crippen molar-refractivity contribution < 1.29 is 23.9 Å². The quantitative estimate of drug-likeness (QED) is 0.440. The lowest BCUT2D eigenvalue weighted by atomic mass is 10.1. The van der Waals surface area contributed by atoms with Crippen LogP contribution in [-0.2, 0) is 9.63 Å². The minimum Gasteiger partial charge on any atom is -0.493 e. The van der Waals surface area contributed by atoms with Gasteiger partial charge in [-0.3, -0.25) is 10.2 Å². The van der Waals surface area contributed by atoms with E-state index in [9.17, 15) is 9.59 Å². The minimum atomic E-state index is -0.591. The van der Waals surface area contributed by atoms with Crippen LogP contribution in [-0.4, -0.2) is 35.7 Å². The van der Waals surface area contributed by atoms with Gasteiger partial charge in [0.1, 0.15) is 5.76 Å². The Kier molecular flexibility index (Phi) is 5.31. The van der Waals surface area contributed by atoms with Crippen molar-refractivity contribution in [1.82, 2.24) is 5.06 Å². The highest BCUT2D eigenvalue weighted by atomic mass is 35.5. The SMILES string of the molecule is COc1cc(/C=C2/C(=N)N3OC(C)=CC3=NC2=O)cc(Cl)c1OC(=O)c1ccccc1. The summed E-state index contributed by atoms with van der Waals surface area (Å²) in [7, 11) is 1.40. The van der Waals surface area contributed by atoms with Crippen molar-refractivity contribution >= 4 is 41.2 Å². The van der Waals surface area contributed by atoms with E-state index in [1.807, 2.05) is 0 Å². The molecule has 0 fully saturated rings. The summed E-state index contributed by atoms with van der Waals surface area (Å²) in [6.07, 6.45) is 3.01. The summed E-state index contributed by atoms with van der Waals surface area (Å²) in [4.78, 5) is 34.2. The Morgan fingerprint density at radius 2 is 2.00 bits per heavy atom. The first kappa shape index (κ1) is 20.4. The second-order valence-electron chi connectivity index (χ2n) is 6.61. The van der Waals surface area contributed by atoms with Gasteiger partial charge in [0, 0.05) is 6.08 Å². The highest BCUT2D eigenvalue weighted by molar-refractivity contribution is 6.34. The van der Waals surface area contributed by atoms with Crippen LogP contribution >= 0.6 is 11.6 Å².